The van der Waals surface area contributed by atoms with Crippen LogP contribution in [0.2, 0.25) is 0 Å². The van der Waals surface area contributed by atoms with Gasteiger partial charge in [0.25, 0.3) is 0 Å². The third-order valence-corrected chi connectivity index (χ3v) is 3.14. The maximum absolute atomic E-state index is 11.0. The van der Waals surface area contributed by atoms with Crippen LogP contribution in [0.1, 0.15) is 18.4 Å². The molecule has 0 bridgehead atoms. The van der Waals surface area contributed by atoms with E-state index in [-0.39, 0.29) is 5.41 Å². The lowest BCUT2D eigenvalue weighted by atomic mass is 9.65. The average Bonchev–Trinajstić information content (AvgIpc) is 2.03. The monoisotopic (exact) mass is 237 g/mol. The number of halogens is 1. The Morgan fingerprint density at radius 3 is 2.62 bits per heavy atom. The highest BCUT2D eigenvalue weighted by Crippen LogP contribution is 2.41. The van der Waals surface area contributed by atoms with Crippen LogP contribution in [0.4, 0.5) is 0 Å². The van der Waals surface area contributed by atoms with Crippen LogP contribution in [0.15, 0.2) is 28.7 Å². The molecular formula is C11H10BrO. The lowest BCUT2D eigenvalue weighted by Crippen LogP contribution is -2.36. The summed E-state index contributed by atoms with van der Waals surface area (Å²) < 4.78 is 1.04. The molecule has 1 saturated carbocycles. The Morgan fingerprint density at radius 2 is 2.15 bits per heavy atom. The van der Waals surface area contributed by atoms with Crippen molar-refractivity contribution in [1.82, 2.24) is 0 Å². The molecule has 0 saturated heterocycles. The fourth-order valence-electron chi connectivity index (χ4n) is 1.65. The second kappa shape index (κ2) is 3.26. The van der Waals surface area contributed by atoms with Crippen LogP contribution in [-0.2, 0) is 10.2 Å². The molecule has 0 heterocycles. The highest BCUT2D eigenvalue weighted by Gasteiger charge is 2.38. The Hall–Kier alpha value is -0.630. The molecule has 0 N–H and O–H groups in total. The van der Waals surface area contributed by atoms with E-state index in [1.54, 1.807) is 0 Å². The van der Waals surface area contributed by atoms with Crippen molar-refractivity contribution in [2.75, 3.05) is 0 Å². The first-order valence-corrected chi connectivity index (χ1v) is 5.10. The average molecular weight is 238 g/mol. The summed E-state index contributed by atoms with van der Waals surface area (Å²) in [4.78, 5) is 11.0. The quantitative estimate of drug-likeness (QED) is 0.724. The highest BCUT2D eigenvalue weighted by atomic mass is 79.9. The molecule has 67 valence electrons. The molecule has 1 radical (unpaired) electrons. The van der Waals surface area contributed by atoms with E-state index < -0.39 is 0 Å². The van der Waals surface area contributed by atoms with Crippen molar-refractivity contribution in [3.63, 3.8) is 0 Å². The Kier molecular flexibility index (Phi) is 2.24. The predicted molar refractivity (Wildman–Crippen MR) is 55.4 cm³/mol. The summed E-state index contributed by atoms with van der Waals surface area (Å²) in [5.74, 6) is 0. The molecule has 2 rings (SSSR count). The SMILES string of the molecule is O=CC1(c2cccc(Br)c2)C[CH]C1. The van der Waals surface area contributed by atoms with Gasteiger partial charge >= 0.3 is 0 Å². The molecule has 0 unspecified atom stereocenters. The van der Waals surface area contributed by atoms with Crippen LogP contribution < -0.4 is 0 Å². The fourth-order valence-corrected chi connectivity index (χ4v) is 2.05. The third kappa shape index (κ3) is 1.44. The molecule has 1 fully saturated rings. The topological polar surface area (TPSA) is 17.1 Å². The zero-order valence-electron chi connectivity index (χ0n) is 7.16. The fraction of sp³-hybridized carbons (Fsp3) is 0.273. The minimum atomic E-state index is -0.218. The van der Waals surface area contributed by atoms with Gasteiger partial charge < -0.3 is 4.79 Å². The Morgan fingerprint density at radius 1 is 1.38 bits per heavy atom. The van der Waals surface area contributed by atoms with Crippen molar-refractivity contribution < 1.29 is 4.79 Å². The van der Waals surface area contributed by atoms with Crippen LogP contribution >= 0.6 is 15.9 Å². The molecule has 13 heavy (non-hydrogen) atoms. The Balaban J connectivity index is 2.38. The first-order chi connectivity index (χ1) is 6.27. The molecule has 0 spiro atoms. The van der Waals surface area contributed by atoms with Gasteiger partial charge in [-0.3, -0.25) is 0 Å². The van der Waals surface area contributed by atoms with Crippen LogP contribution in [0, 0.1) is 6.42 Å². The zero-order chi connectivity index (χ0) is 9.31. The Labute approximate surface area is 86.3 Å². The van der Waals surface area contributed by atoms with Crippen LogP contribution in [-0.4, -0.2) is 6.29 Å². The van der Waals surface area contributed by atoms with Gasteiger partial charge in [0.1, 0.15) is 6.29 Å². The van der Waals surface area contributed by atoms with Crippen molar-refractivity contribution in [2.45, 2.75) is 18.3 Å². The van der Waals surface area contributed by atoms with Crippen LogP contribution in [0.5, 0.6) is 0 Å². The number of aldehydes is 1. The predicted octanol–water partition coefficient (Wildman–Crippen LogP) is 2.88. The molecule has 1 aliphatic rings. The van der Waals surface area contributed by atoms with Gasteiger partial charge in [-0.25, -0.2) is 0 Å². The normalized spacial score (nSPS) is 19.2. The first-order valence-electron chi connectivity index (χ1n) is 4.31. The van der Waals surface area contributed by atoms with Gasteiger partial charge in [-0.2, -0.15) is 0 Å². The standard InChI is InChI=1S/C11H10BrO/c12-10-4-1-3-9(7-10)11(8-13)5-2-6-11/h1-4,7-8H,5-6H2. The smallest absolute Gasteiger partial charge is 0.130 e. The summed E-state index contributed by atoms with van der Waals surface area (Å²) in [5, 5.41) is 0. The highest BCUT2D eigenvalue weighted by molar-refractivity contribution is 9.10. The molecule has 1 nitrogen and oxygen atoms in total. The summed E-state index contributed by atoms with van der Waals surface area (Å²) in [6.45, 7) is 0. The molecule has 1 aromatic carbocycles. The van der Waals surface area contributed by atoms with Gasteiger partial charge in [0, 0.05) is 4.47 Å². The van der Waals surface area contributed by atoms with E-state index in [1.807, 2.05) is 24.3 Å². The van der Waals surface area contributed by atoms with Crippen molar-refractivity contribution >= 4 is 22.2 Å². The van der Waals surface area contributed by atoms with Gasteiger partial charge in [-0.1, -0.05) is 28.1 Å². The molecule has 0 amide bonds. The van der Waals surface area contributed by atoms with E-state index in [2.05, 4.69) is 22.4 Å². The number of rotatable bonds is 2. The van der Waals surface area contributed by atoms with Crippen LogP contribution in [0.3, 0.4) is 0 Å². The minimum absolute atomic E-state index is 0.218. The van der Waals surface area contributed by atoms with Crippen molar-refractivity contribution in [3.05, 3.63) is 40.7 Å². The number of benzene rings is 1. The van der Waals surface area contributed by atoms with Gasteiger partial charge in [-0.15, -0.1) is 0 Å². The first kappa shape index (κ1) is 8.95. The van der Waals surface area contributed by atoms with Crippen molar-refractivity contribution in [3.8, 4) is 0 Å². The van der Waals surface area contributed by atoms with Crippen molar-refractivity contribution in [1.29, 1.82) is 0 Å². The second-order valence-corrected chi connectivity index (χ2v) is 4.40. The number of carbonyl (C=O) groups excluding carboxylic acids is 1. The number of carbonyl (C=O) groups is 1. The summed E-state index contributed by atoms with van der Waals surface area (Å²) in [6.07, 6.45) is 4.99. The summed E-state index contributed by atoms with van der Waals surface area (Å²) >= 11 is 3.41. The van der Waals surface area contributed by atoms with Gasteiger partial charge in [-0.05, 0) is 37.0 Å². The molecule has 2 heteroatoms. The number of hydrogen-bond acceptors (Lipinski definition) is 1. The lowest BCUT2D eigenvalue weighted by molar-refractivity contribution is -0.114. The second-order valence-electron chi connectivity index (χ2n) is 3.48. The zero-order valence-corrected chi connectivity index (χ0v) is 8.75. The van der Waals surface area contributed by atoms with E-state index in [9.17, 15) is 4.79 Å². The number of hydrogen-bond donors (Lipinski definition) is 0. The van der Waals surface area contributed by atoms with Crippen LogP contribution in [0.25, 0.3) is 0 Å². The minimum Gasteiger partial charge on any atom is -0.302 e. The van der Waals surface area contributed by atoms with Crippen molar-refractivity contribution in [2.24, 2.45) is 0 Å². The maximum Gasteiger partial charge on any atom is 0.130 e. The van der Waals surface area contributed by atoms with E-state index in [1.165, 1.54) is 0 Å². The largest absolute Gasteiger partial charge is 0.302 e. The van der Waals surface area contributed by atoms with E-state index in [0.717, 1.165) is 29.2 Å². The molecule has 1 aromatic rings. The molecule has 0 aliphatic heterocycles. The summed E-state index contributed by atoms with van der Waals surface area (Å²) in [6, 6.07) is 8.00. The van der Waals surface area contributed by atoms with E-state index >= 15 is 0 Å². The molecular weight excluding hydrogens is 228 g/mol. The van der Waals surface area contributed by atoms with E-state index in [4.69, 9.17) is 0 Å². The van der Waals surface area contributed by atoms with Gasteiger partial charge in [0.2, 0.25) is 0 Å². The lowest BCUT2D eigenvalue weighted by Gasteiger charge is -2.36. The molecule has 0 aromatic heterocycles. The van der Waals surface area contributed by atoms with E-state index in [0.29, 0.717) is 0 Å². The van der Waals surface area contributed by atoms with Gasteiger partial charge in [0.05, 0.1) is 5.41 Å². The maximum atomic E-state index is 11.0. The third-order valence-electron chi connectivity index (χ3n) is 2.64. The summed E-state index contributed by atoms with van der Waals surface area (Å²) in [7, 11) is 0. The van der Waals surface area contributed by atoms with Gasteiger partial charge in [0.15, 0.2) is 0 Å². The molecule has 0 atom stereocenters. The molecule has 1 aliphatic carbocycles. The Bertz CT molecular complexity index is 329. The summed E-state index contributed by atoms with van der Waals surface area (Å²) in [5.41, 5.74) is 0.906.